The minimum absolute atomic E-state index is 0.0840. The summed E-state index contributed by atoms with van der Waals surface area (Å²) in [5.41, 5.74) is 0.895. The molecule has 0 radical (unpaired) electrons. The van der Waals surface area contributed by atoms with E-state index in [-0.39, 0.29) is 11.7 Å². The molecular weight excluding hydrogens is 205 g/mol. The summed E-state index contributed by atoms with van der Waals surface area (Å²) in [5.74, 6) is -0.346. The zero-order chi connectivity index (χ0) is 13.0. The van der Waals surface area contributed by atoms with Gasteiger partial charge in [0.25, 0.3) is 0 Å². The summed E-state index contributed by atoms with van der Waals surface area (Å²) < 4.78 is 12.4. The van der Waals surface area contributed by atoms with Gasteiger partial charge < -0.3 is 5.32 Å². The topological polar surface area (TPSA) is 29.1 Å². The molecule has 0 aliphatic heterocycles. The van der Waals surface area contributed by atoms with Crippen molar-refractivity contribution >= 4 is 5.91 Å². The third-order valence-corrected chi connectivity index (χ3v) is 1.45. The predicted octanol–water partition coefficient (Wildman–Crippen LogP) is 3.51. The van der Waals surface area contributed by atoms with Crippen LogP contribution >= 0.6 is 0 Å². The van der Waals surface area contributed by atoms with E-state index >= 15 is 0 Å². The van der Waals surface area contributed by atoms with Gasteiger partial charge in [-0.2, -0.15) is 0 Å². The average molecular weight is 227 g/mol. The van der Waals surface area contributed by atoms with Crippen molar-refractivity contribution in [2.75, 3.05) is 0 Å². The van der Waals surface area contributed by atoms with Crippen molar-refractivity contribution in [2.24, 2.45) is 0 Å². The Kier molecular flexibility index (Phi) is 12.4. The predicted molar refractivity (Wildman–Crippen MR) is 66.6 cm³/mol. The van der Waals surface area contributed by atoms with Crippen molar-refractivity contribution in [1.29, 1.82) is 0 Å². The second kappa shape index (κ2) is 11.7. The molecule has 0 unspecified atom stereocenters. The second-order valence-electron chi connectivity index (χ2n) is 2.54. The maximum atomic E-state index is 12.4. The molecule has 0 heterocycles. The minimum atomic E-state index is -0.262. The number of hydrogen-bond acceptors (Lipinski definition) is 1. The first kappa shape index (κ1) is 17.0. The Morgan fingerprint density at radius 3 is 1.94 bits per heavy atom. The molecule has 0 aliphatic carbocycles. The number of benzene rings is 1. The smallest absolute Gasteiger partial charge is 0.217 e. The molecule has 0 bridgehead atoms. The Hall–Kier alpha value is -1.38. The molecule has 0 fully saturated rings. The Morgan fingerprint density at radius 2 is 1.56 bits per heavy atom. The zero-order valence-corrected chi connectivity index (χ0v) is 10.8. The number of amides is 1. The van der Waals surface area contributed by atoms with Crippen LogP contribution in [0.15, 0.2) is 24.3 Å². The molecule has 16 heavy (non-hydrogen) atoms. The Bertz CT molecular complexity index is 270. The van der Waals surface area contributed by atoms with Gasteiger partial charge in [-0.1, -0.05) is 39.8 Å². The summed E-state index contributed by atoms with van der Waals surface area (Å²) >= 11 is 0. The van der Waals surface area contributed by atoms with Crippen LogP contribution in [0.4, 0.5) is 4.39 Å². The lowest BCUT2D eigenvalue weighted by atomic mass is 10.2. The summed E-state index contributed by atoms with van der Waals surface area (Å²) in [4.78, 5) is 10.5. The fourth-order valence-corrected chi connectivity index (χ4v) is 0.829. The third-order valence-electron chi connectivity index (χ3n) is 1.45. The van der Waals surface area contributed by atoms with Gasteiger partial charge in [-0.3, -0.25) is 4.79 Å². The monoisotopic (exact) mass is 227 g/mol. The third kappa shape index (κ3) is 9.19. The van der Waals surface area contributed by atoms with Gasteiger partial charge in [0, 0.05) is 13.5 Å². The van der Waals surface area contributed by atoms with E-state index in [9.17, 15) is 9.18 Å². The molecule has 92 valence electrons. The lowest BCUT2D eigenvalue weighted by Crippen LogP contribution is -2.18. The standard InChI is InChI=1S/C9H10FNO.2C2H6/c1-7(12)11-6-8-2-4-9(10)5-3-8;2*1-2/h2-5H,6H2,1H3,(H,11,12);2*1-2H3. The number of halogens is 1. The highest BCUT2D eigenvalue weighted by molar-refractivity contribution is 5.72. The van der Waals surface area contributed by atoms with Gasteiger partial charge in [0.2, 0.25) is 5.91 Å². The molecule has 1 N–H and O–H groups in total. The fourth-order valence-electron chi connectivity index (χ4n) is 0.829. The quantitative estimate of drug-likeness (QED) is 0.823. The van der Waals surface area contributed by atoms with E-state index in [0.29, 0.717) is 6.54 Å². The maximum absolute atomic E-state index is 12.4. The van der Waals surface area contributed by atoms with Crippen LogP contribution in [0.25, 0.3) is 0 Å². The zero-order valence-electron chi connectivity index (χ0n) is 10.8. The van der Waals surface area contributed by atoms with E-state index in [1.165, 1.54) is 19.1 Å². The summed E-state index contributed by atoms with van der Waals surface area (Å²) in [5, 5.41) is 2.62. The van der Waals surface area contributed by atoms with E-state index in [0.717, 1.165) is 5.56 Å². The average Bonchev–Trinajstić information content (AvgIpc) is 2.33. The van der Waals surface area contributed by atoms with Crippen LogP contribution in [-0.4, -0.2) is 5.91 Å². The highest BCUT2D eigenvalue weighted by Gasteiger charge is 1.94. The van der Waals surface area contributed by atoms with Gasteiger partial charge in [0.15, 0.2) is 0 Å². The molecule has 0 atom stereocenters. The minimum Gasteiger partial charge on any atom is -0.352 e. The van der Waals surface area contributed by atoms with Crippen molar-refractivity contribution in [3.05, 3.63) is 35.6 Å². The summed E-state index contributed by atoms with van der Waals surface area (Å²) in [6.07, 6.45) is 0. The molecular formula is C13H22FNO. The van der Waals surface area contributed by atoms with Crippen LogP contribution in [0.2, 0.25) is 0 Å². The van der Waals surface area contributed by atoms with E-state index in [2.05, 4.69) is 5.32 Å². The van der Waals surface area contributed by atoms with Crippen LogP contribution in [0.5, 0.6) is 0 Å². The second-order valence-corrected chi connectivity index (χ2v) is 2.54. The fraction of sp³-hybridized carbons (Fsp3) is 0.462. The lowest BCUT2D eigenvalue weighted by Gasteiger charge is -2.00. The van der Waals surface area contributed by atoms with Crippen LogP contribution in [0.3, 0.4) is 0 Å². The van der Waals surface area contributed by atoms with E-state index in [4.69, 9.17) is 0 Å². The number of carbonyl (C=O) groups is 1. The molecule has 1 aromatic rings. The van der Waals surface area contributed by atoms with Crippen molar-refractivity contribution in [2.45, 2.75) is 41.2 Å². The molecule has 0 saturated heterocycles. The molecule has 2 nitrogen and oxygen atoms in total. The maximum Gasteiger partial charge on any atom is 0.217 e. The summed E-state index contributed by atoms with van der Waals surface area (Å²) in [7, 11) is 0. The van der Waals surface area contributed by atoms with Crippen molar-refractivity contribution in [1.82, 2.24) is 5.32 Å². The normalized spacial score (nSPS) is 7.88. The molecule has 0 aromatic heterocycles. The van der Waals surface area contributed by atoms with Crippen molar-refractivity contribution in [3.63, 3.8) is 0 Å². The first-order chi connectivity index (χ1) is 7.68. The van der Waals surface area contributed by atoms with Crippen molar-refractivity contribution < 1.29 is 9.18 Å². The Balaban J connectivity index is 0. The Labute approximate surface area is 97.9 Å². The Morgan fingerprint density at radius 1 is 1.12 bits per heavy atom. The number of hydrogen-bond donors (Lipinski definition) is 1. The summed E-state index contributed by atoms with van der Waals surface area (Å²) in [6, 6.07) is 6.03. The van der Waals surface area contributed by atoms with E-state index in [1.807, 2.05) is 27.7 Å². The van der Waals surface area contributed by atoms with Gasteiger partial charge in [-0.15, -0.1) is 0 Å². The first-order valence-corrected chi connectivity index (χ1v) is 5.67. The molecule has 1 aromatic carbocycles. The van der Waals surface area contributed by atoms with Crippen LogP contribution in [-0.2, 0) is 11.3 Å². The largest absolute Gasteiger partial charge is 0.352 e. The molecule has 0 aliphatic rings. The number of nitrogens with one attached hydrogen (secondary N) is 1. The van der Waals surface area contributed by atoms with Gasteiger partial charge in [0.05, 0.1) is 0 Å². The van der Waals surface area contributed by atoms with Gasteiger partial charge >= 0.3 is 0 Å². The van der Waals surface area contributed by atoms with Crippen LogP contribution in [0, 0.1) is 5.82 Å². The lowest BCUT2D eigenvalue weighted by molar-refractivity contribution is -0.119. The SMILES string of the molecule is CC.CC.CC(=O)NCc1ccc(F)cc1. The molecule has 0 spiro atoms. The van der Waals surface area contributed by atoms with E-state index in [1.54, 1.807) is 12.1 Å². The molecule has 3 heteroatoms. The summed E-state index contributed by atoms with van der Waals surface area (Å²) in [6.45, 7) is 9.90. The number of rotatable bonds is 2. The highest BCUT2D eigenvalue weighted by Crippen LogP contribution is 2.01. The molecule has 1 rings (SSSR count). The molecule has 1 amide bonds. The highest BCUT2D eigenvalue weighted by atomic mass is 19.1. The van der Waals surface area contributed by atoms with Gasteiger partial charge in [0.1, 0.15) is 5.82 Å². The number of carbonyl (C=O) groups excluding carboxylic acids is 1. The van der Waals surface area contributed by atoms with Gasteiger partial charge in [-0.25, -0.2) is 4.39 Å². The van der Waals surface area contributed by atoms with Crippen LogP contribution in [0.1, 0.15) is 40.2 Å². The van der Waals surface area contributed by atoms with Crippen LogP contribution < -0.4 is 5.32 Å². The first-order valence-electron chi connectivity index (χ1n) is 5.67. The molecule has 0 saturated carbocycles. The van der Waals surface area contributed by atoms with Gasteiger partial charge in [-0.05, 0) is 17.7 Å². The van der Waals surface area contributed by atoms with E-state index < -0.39 is 0 Å². The van der Waals surface area contributed by atoms with Crippen molar-refractivity contribution in [3.8, 4) is 0 Å².